The van der Waals surface area contributed by atoms with E-state index >= 15 is 0 Å². The molecule has 0 saturated carbocycles. The smallest absolute Gasteiger partial charge is 0.246 e. The molecule has 3 aromatic carbocycles. The Hall–Kier alpha value is -5.46. The molecule has 13 nitrogen and oxygen atoms in total. The lowest BCUT2D eigenvalue weighted by Crippen LogP contribution is -2.56. The number of nitrogens with one attached hydrogen (secondary N) is 3. The van der Waals surface area contributed by atoms with Crippen LogP contribution in [0.2, 0.25) is 0 Å². The second-order valence-electron chi connectivity index (χ2n) is 13.7. The quantitative estimate of drug-likeness (QED) is 0.244. The first-order valence-electron chi connectivity index (χ1n) is 17.7. The SMILES string of the molecule is CNC(=O)[C@H]1Cc2cc(OC)c(OC)cc2CN1C(=O)[C@@H](CC(C)C)Nc1ccc2c(cc1=O)[C@H](NC(C)=O)CCc1cc(OC)c(OC)c(OC)c1-2. The largest absolute Gasteiger partial charge is 0.493 e. The average Bonchev–Trinajstić information content (AvgIpc) is 3.39. The lowest BCUT2D eigenvalue weighted by atomic mass is 9.91. The topological polar surface area (TPSA) is 154 Å². The predicted molar refractivity (Wildman–Crippen MR) is 201 cm³/mol. The number of benzene rings is 2. The standard InChI is InChI=1S/C40H50N4O9/c1-21(2)14-30(40(48)44-20-25-18-34(50-6)33(49-5)17-24(25)15-31(44)39(47)41-4)43-29-13-11-26-27(19-32(29)46)28(42-22(3)45)12-10-23-16-35(51-7)37(52-8)38(53-9)36(23)26/h11,13,16-19,21,28,30-31H,10,12,14-15,20H2,1-9H3,(H,41,47)(H,42,45)(H,43,46)/t28-,30-,31-/m1/s1. The van der Waals surface area contributed by atoms with Crippen LogP contribution in [-0.2, 0) is 33.8 Å². The van der Waals surface area contributed by atoms with Gasteiger partial charge in [-0.1, -0.05) is 19.9 Å². The van der Waals surface area contributed by atoms with Crippen LogP contribution in [0.1, 0.15) is 61.9 Å². The molecular weight excluding hydrogens is 680 g/mol. The van der Waals surface area contributed by atoms with Crippen LogP contribution < -0.4 is 45.1 Å². The molecule has 0 bridgehead atoms. The average molecular weight is 731 g/mol. The summed E-state index contributed by atoms with van der Waals surface area (Å²) in [7, 11) is 9.27. The van der Waals surface area contributed by atoms with Crippen LogP contribution in [0.4, 0.5) is 5.69 Å². The van der Waals surface area contributed by atoms with Gasteiger partial charge in [-0.15, -0.1) is 0 Å². The number of carbonyl (C=O) groups excluding carboxylic acids is 3. The van der Waals surface area contributed by atoms with Gasteiger partial charge in [0.05, 0.1) is 47.3 Å². The minimum Gasteiger partial charge on any atom is -0.493 e. The van der Waals surface area contributed by atoms with E-state index in [1.165, 1.54) is 20.1 Å². The molecule has 3 aromatic rings. The molecule has 1 aliphatic heterocycles. The molecule has 2 aliphatic rings. The van der Waals surface area contributed by atoms with Gasteiger partial charge in [-0.05, 0) is 83.3 Å². The lowest BCUT2D eigenvalue weighted by Gasteiger charge is -2.38. The lowest BCUT2D eigenvalue weighted by molar-refractivity contribution is -0.142. The van der Waals surface area contributed by atoms with Gasteiger partial charge in [0, 0.05) is 32.5 Å². The number of amides is 3. The molecule has 1 aliphatic carbocycles. The number of rotatable bonds is 12. The number of hydrogen-bond acceptors (Lipinski definition) is 10. The van der Waals surface area contributed by atoms with Crippen molar-refractivity contribution in [1.29, 1.82) is 0 Å². The highest BCUT2D eigenvalue weighted by atomic mass is 16.5. The number of methoxy groups -OCH3 is 5. The molecule has 0 spiro atoms. The summed E-state index contributed by atoms with van der Waals surface area (Å²) in [5.41, 5.74) is 4.43. The van der Waals surface area contributed by atoms with Gasteiger partial charge in [0.2, 0.25) is 28.9 Å². The third-order valence-electron chi connectivity index (χ3n) is 9.92. The second-order valence-corrected chi connectivity index (χ2v) is 13.7. The Morgan fingerprint density at radius 1 is 0.849 bits per heavy atom. The van der Waals surface area contributed by atoms with Crippen LogP contribution in [0.25, 0.3) is 11.1 Å². The molecule has 0 radical (unpaired) electrons. The van der Waals surface area contributed by atoms with Gasteiger partial charge in [-0.2, -0.15) is 0 Å². The number of nitrogens with zero attached hydrogens (tertiary/aromatic N) is 1. The van der Waals surface area contributed by atoms with Gasteiger partial charge in [-0.3, -0.25) is 19.2 Å². The summed E-state index contributed by atoms with van der Waals surface area (Å²) < 4.78 is 28.3. The van der Waals surface area contributed by atoms with Gasteiger partial charge in [-0.25, -0.2) is 0 Å². The maximum absolute atomic E-state index is 14.6. The molecule has 284 valence electrons. The van der Waals surface area contributed by atoms with Crippen LogP contribution in [-0.4, -0.2) is 77.3 Å². The summed E-state index contributed by atoms with van der Waals surface area (Å²) in [6.45, 7) is 5.59. The Kier molecular flexibility index (Phi) is 12.0. The monoisotopic (exact) mass is 730 g/mol. The first-order valence-corrected chi connectivity index (χ1v) is 17.7. The van der Waals surface area contributed by atoms with Crippen molar-refractivity contribution >= 4 is 23.4 Å². The minimum atomic E-state index is -0.851. The van der Waals surface area contributed by atoms with E-state index in [0.717, 1.165) is 22.3 Å². The fraction of sp³-hybridized carbons (Fsp3) is 0.450. The molecule has 1 heterocycles. The molecular formula is C40H50N4O9. The highest BCUT2D eigenvalue weighted by Crippen LogP contribution is 2.50. The molecule has 5 rings (SSSR count). The van der Waals surface area contributed by atoms with E-state index in [-0.39, 0.29) is 47.7 Å². The Bertz CT molecular complexity index is 1950. The number of fused-ring (bicyclic) bond motifs is 4. The molecule has 0 aromatic heterocycles. The van der Waals surface area contributed by atoms with Gasteiger partial charge in [0.25, 0.3) is 0 Å². The van der Waals surface area contributed by atoms with E-state index in [0.29, 0.717) is 59.1 Å². The number of anilines is 1. The maximum atomic E-state index is 14.6. The molecule has 13 heteroatoms. The van der Waals surface area contributed by atoms with Crippen molar-refractivity contribution in [3.8, 4) is 39.9 Å². The first kappa shape index (κ1) is 38.8. The third-order valence-corrected chi connectivity index (χ3v) is 9.92. The summed E-state index contributed by atoms with van der Waals surface area (Å²) in [6, 6.07) is 8.44. The number of carbonyl (C=O) groups is 3. The minimum absolute atomic E-state index is 0.0587. The Balaban J connectivity index is 1.62. The predicted octanol–water partition coefficient (Wildman–Crippen LogP) is 4.41. The molecule has 0 fully saturated rings. The number of aryl methyl sites for hydroxylation is 1. The van der Waals surface area contributed by atoms with Crippen molar-refractivity contribution in [2.75, 3.05) is 47.9 Å². The number of ether oxygens (including phenoxy) is 5. The third kappa shape index (κ3) is 7.84. The van der Waals surface area contributed by atoms with E-state index in [9.17, 15) is 19.2 Å². The zero-order valence-corrected chi connectivity index (χ0v) is 31.9. The van der Waals surface area contributed by atoms with Crippen molar-refractivity contribution in [1.82, 2.24) is 15.5 Å². The number of likely N-dealkylation sites (N-methyl/N-ethyl adjacent to an activating group) is 1. The van der Waals surface area contributed by atoms with Gasteiger partial charge < -0.3 is 44.5 Å². The van der Waals surface area contributed by atoms with Crippen molar-refractivity contribution in [2.45, 2.75) is 71.1 Å². The summed E-state index contributed by atoms with van der Waals surface area (Å²) in [4.78, 5) is 56.1. The Morgan fingerprint density at radius 2 is 1.49 bits per heavy atom. The summed E-state index contributed by atoms with van der Waals surface area (Å²) in [6.07, 6.45) is 1.72. The zero-order valence-electron chi connectivity index (χ0n) is 31.9. The van der Waals surface area contributed by atoms with Gasteiger partial charge in [0.15, 0.2) is 23.0 Å². The van der Waals surface area contributed by atoms with E-state index in [2.05, 4.69) is 16.0 Å². The molecule has 3 amide bonds. The summed E-state index contributed by atoms with van der Waals surface area (Å²) >= 11 is 0. The maximum Gasteiger partial charge on any atom is 0.246 e. The van der Waals surface area contributed by atoms with Crippen LogP contribution in [0.3, 0.4) is 0 Å². The number of hydrogen-bond donors (Lipinski definition) is 3. The van der Waals surface area contributed by atoms with Crippen molar-refractivity contribution in [2.24, 2.45) is 5.92 Å². The van der Waals surface area contributed by atoms with Gasteiger partial charge >= 0.3 is 0 Å². The molecule has 3 atom stereocenters. The van der Waals surface area contributed by atoms with Crippen LogP contribution in [0.15, 0.2) is 41.2 Å². The summed E-state index contributed by atoms with van der Waals surface area (Å²) in [5.74, 6) is 1.60. The van der Waals surface area contributed by atoms with Crippen LogP contribution in [0.5, 0.6) is 28.7 Å². The van der Waals surface area contributed by atoms with Crippen LogP contribution >= 0.6 is 0 Å². The second kappa shape index (κ2) is 16.5. The van der Waals surface area contributed by atoms with E-state index in [4.69, 9.17) is 23.7 Å². The van der Waals surface area contributed by atoms with Crippen molar-refractivity contribution < 1.29 is 38.1 Å². The highest BCUT2D eigenvalue weighted by molar-refractivity contribution is 5.92. The fourth-order valence-electron chi connectivity index (χ4n) is 7.45. The Morgan fingerprint density at radius 3 is 2.08 bits per heavy atom. The van der Waals surface area contributed by atoms with E-state index in [1.807, 2.05) is 38.1 Å². The molecule has 53 heavy (non-hydrogen) atoms. The van der Waals surface area contributed by atoms with Gasteiger partial charge in [0.1, 0.15) is 12.1 Å². The summed E-state index contributed by atoms with van der Waals surface area (Å²) in [5, 5.41) is 9.02. The van der Waals surface area contributed by atoms with E-state index in [1.54, 1.807) is 46.5 Å². The first-order chi connectivity index (χ1) is 25.4. The fourth-order valence-corrected chi connectivity index (χ4v) is 7.45. The van der Waals surface area contributed by atoms with E-state index < -0.39 is 18.1 Å². The Labute approximate surface area is 310 Å². The zero-order chi connectivity index (χ0) is 38.6. The highest BCUT2D eigenvalue weighted by Gasteiger charge is 2.38. The molecule has 0 unspecified atom stereocenters. The van der Waals surface area contributed by atoms with Crippen molar-refractivity contribution in [3.63, 3.8) is 0 Å². The molecule has 0 saturated heterocycles. The normalized spacial score (nSPS) is 16.5. The molecule has 3 N–H and O–H groups in total. The van der Waals surface area contributed by atoms with Crippen LogP contribution in [0, 0.1) is 5.92 Å². The van der Waals surface area contributed by atoms with Crippen molar-refractivity contribution in [3.05, 3.63) is 68.9 Å².